The maximum atomic E-state index is 12.2. The summed E-state index contributed by atoms with van der Waals surface area (Å²) in [5.74, 6) is 0.217. The Balaban J connectivity index is 1.77. The number of ether oxygens (including phenoxy) is 1. The lowest BCUT2D eigenvalue weighted by Gasteiger charge is -2.12. The highest BCUT2D eigenvalue weighted by Crippen LogP contribution is 2.38. The van der Waals surface area contributed by atoms with Gasteiger partial charge in [-0.2, -0.15) is 0 Å². The molecular weight excluding hydrogens is 433 g/mol. The molecule has 0 unspecified atom stereocenters. The summed E-state index contributed by atoms with van der Waals surface area (Å²) in [6.07, 6.45) is 11.9. The summed E-state index contributed by atoms with van der Waals surface area (Å²) in [6.45, 7) is 3.93. The molecule has 0 saturated carbocycles. The molecule has 4 nitrogen and oxygen atoms in total. The Morgan fingerprint density at radius 2 is 1.65 bits per heavy atom. The number of hydrogen-bond donors (Lipinski definition) is 2. The molecule has 0 spiro atoms. The summed E-state index contributed by atoms with van der Waals surface area (Å²) in [7, 11) is 0. The van der Waals surface area contributed by atoms with Gasteiger partial charge in [-0.05, 0) is 49.1 Å². The van der Waals surface area contributed by atoms with E-state index < -0.39 is 6.09 Å². The lowest BCUT2D eigenvalue weighted by Crippen LogP contribution is -2.17. The largest absolute Gasteiger partial charge is 0.504 e. The molecule has 170 valence electrons. The summed E-state index contributed by atoms with van der Waals surface area (Å²) >= 11 is 12.1. The van der Waals surface area contributed by atoms with Gasteiger partial charge >= 0.3 is 6.09 Å². The van der Waals surface area contributed by atoms with E-state index in [1.807, 2.05) is 18.2 Å². The minimum absolute atomic E-state index is 0.103. The predicted octanol–water partition coefficient (Wildman–Crippen LogP) is 8.69. The quantitative estimate of drug-likeness (QED) is 0.243. The van der Waals surface area contributed by atoms with E-state index in [4.69, 9.17) is 27.9 Å². The van der Waals surface area contributed by atoms with Crippen molar-refractivity contribution in [2.24, 2.45) is 0 Å². The Kier molecular flexibility index (Phi) is 11.0. The summed E-state index contributed by atoms with van der Waals surface area (Å²) in [5.41, 5.74) is 1.79. The number of carbonyl (C=O) groups is 1. The van der Waals surface area contributed by atoms with Crippen LogP contribution in [0.5, 0.6) is 11.5 Å². The Hall–Kier alpha value is -1.91. The van der Waals surface area contributed by atoms with Crippen LogP contribution in [0.1, 0.15) is 75.8 Å². The van der Waals surface area contributed by atoms with Crippen molar-refractivity contribution in [1.29, 1.82) is 0 Å². The van der Waals surface area contributed by atoms with Crippen molar-refractivity contribution < 1.29 is 14.6 Å². The van der Waals surface area contributed by atoms with E-state index in [0.29, 0.717) is 16.3 Å². The number of benzene rings is 2. The van der Waals surface area contributed by atoms with Gasteiger partial charge in [0, 0.05) is 5.02 Å². The average molecular weight is 466 g/mol. The molecule has 0 fully saturated rings. The zero-order chi connectivity index (χ0) is 22.6. The number of halogens is 2. The molecule has 0 aromatic heterocycles. The second-order valence-electron chi connectivity index (χ2n) is 7.93. The lowest BCUT2D eigenvalue weighted by molar-refractivity contribution is 0.215. The topological polar surface area (TPSA) is 58.6 Å². The van der Waals surface area contributed by atoms with E-state index in [0.717, 1.165) is 18.4 Å². The molecule has 2 rings (SSSR count). The van der Waals surface area contributed by atoms with Crippen molar-refractivity contribution in [3.8, 4) is 11.5 Å². The fourth-order valence-corrected chi connectivity index (χ4v) is 3.90. The second kappa shape index (κ2) is 13.5. The van der Waals surface area contributed by atoms with Gasteiger partial charge in [-0.15, -0.1) is 0 Å². The first kappa shape index (κ1) is 25.4. The zero-order valence-corrected chi connectivity index (χ0v) is 20.0. The molecule has 0 aliphatic carbocycles. The molecule has 31 heavy (non-hydrogen) atoms. The van der Waals surface area contributed by atoms with Crippen LogP contribution in [-0.2, 0) is 6.42 Å². The van der Waals surface area contributed by atoms with E-state index in [1.54, 1.807) is 13.0 Å². The first-order valence-corrected chi connectivity index (χ1v) is 11.9. The van der Waals surface area contributed by atoms with Gasteiger partial charge in [-0.3, -0.25) is 5.32 Å². The van der Waals surface area contributed by atoms with Gasteiger partial charge in [0.1, 0.15) is 5.75 Å². The Morgan fingerprint density at radius 3 is 2.32 bits per heavy atom. The highest BCUT2D eigenvalue weighted by molar-refractivity contribution is 6.37. The zero-order valence-electron chi connectivity index (χ0n) is 18.5. The number of aromatic hydroxyl groups is 1. The molecule has 0 atom stereocenters. The number of aryl methyl sites for hydroxylation is 1. The number of hydrogen-bond acceptors (Lipinski definition) is 3. The normalized spacial score (nSPS) is 10.8. The van der Waals surface area contributed by atoms with Gasteiger partial charge < -0.3 is 9.84 Å². The van der Waals surface area contributed by atoms with Crippen molar-refractivity contribution in [2.75, 3.05) is 5.32 Å². The third-order valence-electron chi connectivity index (χ3n) is 5.34. The van der Waals surface area contributed by atoms with Crippen LogP contribution < -0.4 is 10.1 Å². The fourth-order valence-electron chi connectivity index (χ4n) is 3.45. The summed E-state index contributed by atoms with van der Waals surface area (Å²) in [6, 6.07) is 8.97. The van der Waals surface area contributed by atoms with Crippen molar-refractivity contribution in [3.05, 3.63) is 51.5 Å². The first-order chi connectivity index (χ1) is 14.9. The van der Waals surface area contributed by atoms with Gasteiger partial charge in [0.2, 0.25) is 0 Å². The van der Waals surface area contributed by atoms with E-state index >= 15 is 0 Å². The van der Waals surface area contributed by atoms with Crippen LogP contribution in [0.15, 0.2) is 30.3 Å². The number of carbonyl (C=O) groups excluding carboxylic acids is 1. The van der Waals surface area contributed by atoms with E-state index in [2.05, 4.69) is 12.2 Å². The van der Waals surface area contributed by atoms with E-state index in [9.17, 15) is 9.90 Å². The molecule has 2 aromatic rings. The van der Waals surface area contributed by atoms with E-state index in [1.165, 1.54) is 57.4 Å². The molecule has 0 aliphatic heterocycles. The summed E-state index contributed by atoms with van der Waals surface area (Å²) < 4.78 is 5.37. The number of phenols is 1. The Labute approximate surface area is 195 Å². The second-order valence-corrected chi connectivity index (χ2v) is 8.72. The van der Waals surface area contributed by atoms with Crippen LogP contribution >= 0.6 is 23.2 Å². The number of amides is 1. The highest BCUT2D eigenvalue weighted by atomic mass is 35.5. The number of phenolic OH excluding ortho intramolecular Hbond substituents is 1. The summed E-state index contributed by atoms with van der Waals surface area (Å²) in [5, 5.41) is 13.1. The van der Waals surface area contributed by atoms with Gasteiger partial charge in [-0.25, -0.2) is 4.79 Å². The molecule has 0 saturated heterocycles. The van der Waals surface area contributed by atoms with Crippen LogP contribution in [0.2, 0.25) is 10.0 Å². The Bertz CT molecular complexity index is 855. The molecular formula is C25H33Cl2NO3. The maximum absolute atomic E-state index is 12.2. The molecule has 2 N–H and O–H groups in total. The number of nitrogens with one attached hydrogen (secondary N) is 1. The summed E-state index contributed by atoms with van der Waals surface area (Å²) in [4.78, 5) is 12.2. The van der Waals surface area contributed by atoms with Gasteiger partial charge in [0.05, 0.1) is 10.7 Å². The van der Waals surface area contributed by atoms with Crippen LogP contribution in [0.25, 0.3) is 0 Å². The molecule has 1 amide bonds. The smallest absolute Gasteiger partial charge is 0.417 e. The monoisotopic (exact) mass is 465 g/mol. The maximum Gasteiger partial charge on any atom is 0.417 e. The van der Waals surface area contributed by atoms with Crippen molar-refractivity contribution in [1.82, 2.24) is 0 Å². The average Bonchev–Trinajstić information content (AvgIpc) is 2.75. The van der Waals surface area contributed by atoms with Gasteiger partial charge in [-0.1, -0.05) is 93.6 Å². The fraction of sp³-hybridized carbons (Fsp3) is 0.480. The minimum atomic E-state index is -0.716. The molecule has 0 bridgehead atoms. The molecule has 0 aliphatic rings. The van der Waals surface area contributed by atoms with Gasteiger partial charge in [0.25, 0.3) is 0 Å². The minimum Gasteiger partial charge on any atom is -0.504 e. The molecule has 6 heteroatoms. The molecule has 0 radical (unpaired) electrons. The van der Waals surface area contributed by atoms with Crippen molar-refractivity contribution >= 4 is 35.0 Å². The van der Waals surface area contributed by atoms with Crippen LogP contribution in [0, 0.1) is 6.92 Å². The van der Waals surface area contributed by atoms with Crippen molar-refractivity contribution in [2.45, 2.75) is 78.1 Å². The number of rotatable bonds is 12. The molecule has 0 heterocycles. The number of anilines is 1. The predicted molar refractivity (Wildman–Crippen MR) is 130 cm³/mol. The SMILES string of the molecule is CCCCCCCCCCCc1cccc(OC(=O)Nc2cc(Cl)c(C)c(Cl)c2O)c1. The third kappa shape index (κ3) is 8.62. The van der Waals surface area contributed by atoms with Crippen LogP contribution in [-0.4, -0.2) is 11.2 Å². The van der Waals surface area contributed by atoms with Crippen LogP contribution in [0.3, 0.4) is 0 Å². The highest BCUT2D eigenvalue weighted by Gasteiger charge is 2.15. The molecule has 2 aromatic carbocycles. The lowest BCUT2D eigenvalue weighted by atomic mass is 10.0. The van der Waals surface area contributed by atoms with Crippen LogP contribution in [0.4, 0.5) is 10.5 Å². The van der Waals surface area contributed by atoms with Crippen molar-refractivity contribution in [3.63, 3.8) is 0 Å². The van der Waals surface area contributed by atoms with Gasteiger partial charge in [0.15, 0.2) is 5.75 Å². The standard InChI is InChI=1S/C25H33Cl2NO3/c1-3-4-5-6-7-8-9-10-11-13-19-14-12-15-20(16-19)31-25(30)28-22-17-21(26)18(2)23(27)24(22)29/h12,14-17,29H,3-11,13H2,1-2H3,(H,28,30). The first-order valence-electron chi connectivity index (χ1n) is 11.2. The Morgan fingerprint density at radius 1 is 1.00 bits per heavy atom. The van der Waals surface area contributed by atoms with E-state index in [-0.39, 0.29) is 16.5 Å². The number of unbranched alkanes of at least 4 members (excludes halogenated alkanes) is 8. The third-order valence-corrected chi connectivity index (χ3v) is 6.19.